The van der Waals surface area contributed by atoms with Crippen LogP contribution in [0.5, 0.6) is 11.5 Å². The van der Waals surface area contributed by atoms with E-state index in [4.69, 9.17) is 14.2 Å². The molecule has 1 aliphatic carbocycles. The SMILES string of the molecule is COc1cc2c(c(-c3cn(C)c(=O)c4c3cnn4COCC[Si](C)(C)C)c1)OC(C1CCCC1)C(=O)N2. The lowest BCUT2D eigenvalue weighted by atomic mass is 9.96. The molecule has 1 unspecified atom stereocenters. The van der Waals surface area contributed by atoms with Gasteiger partial charge in [0.15, 0.2) is 11.9 Å². The van der Waals surface area contributed by atoms with Gasteiger partial charge in [0.25, 0.3) is 11.5 Å². The highest BCUT2D eigenvalue weighted by atomic mass is 28.3. The second-order valence-corrected chi connectivity index (χ2v) is 17.0. The van der Waals surface area contributed by atoms with Crippen molar-refractivity contribution < 1.29 is 19.0 Å². The molecule has 1 aromatic carbocycles. The maximum atomic E-state index is 13.2. The number of methoxy groups -OCH3 is 1. The molecular formula is C27H36N4O5Si. The minimum absolute atomic E-state index is 0.118. The summed E-state index contributed by atoms with van der Waals surface area (Å²) in [5, 5.41) is 8.26. The van der Waals surface area contributed by atoms with E-state index in [1.165, 1.54) is 0 Å². The van der Waals surface area contributed by atoms with E-state index in [9.17, 15) is 9.59 Å². The van der Waals surface area contributed by atoms with Crippen molar-refractivity contribution in [2.45, 2.75) is 64.2 Å². The van der Waals surface area contributed by atoms with Crippen LogP contribution in [0.15, 0.2) is 29.3 Å². The number of fused-ring (bicyclic) bond motifs is 2. The summed E-state index contributed by atoms with van der Waals surface area (Å²) in [6.07, 6.45) is 7.15. The monoisotopic (exact) mass is 524 g/mol. The maximum absolute atomic E-state index is 13.2. The zero-order valence-electron chi connectivity index (χ0n) is 22.3. The molecule has 1 saturated carbocycles. The van der Waals surface area contributed by atoms with Crippen molar-refractivity contribution >= 4 is 30.6 Å². The number of amides is 1. The molecule has 1 amide bonds. The highest BCUT2D eigenvalue weighted by Crippen LogP contribution is 2.46. The van der Waals surface area contributed by atoms with Gasteiger partial charge in [0, 0.05) is 56.4 Å². The summed E-state index contributed by atoms with van der Waals surface area (Å²) in [7, 11) is 2.09. The van der Waals surface area contributed by atoms with Crippen molar-refractivity contribution in [1.82, 2.24) is 14.3 Å². The van der Waals surface area contributed by atoms with Gasteiger partial charge in [0.2, 0.25) is 0 Å². The lowest BCUT2D eigenvalue weighted by Crippen LogP contribution is -2.41. The van der Waals surface area contributed by atoms with Crippen molar-refractivity contribution in [3.05, 3.63) is 34.9 Å². The van der Waals surface area contributed by atoms with Crippen LogP contribution in [0.2, 0.25) is 25.7 Å². The molecule has 198 valence electrons. The molecule has 1 atom stereocenters. The summed E-state index contributed by atoms with van der Waals surface area (Å²) in [6.45, 7) is 7.75. The number of carbonyl (C=O) groups excluding carboxylic acids is 1. The molecule has 2 aromatic heterocycles. The van der Waals surface area contributed by atoms with E-state index in [1.54, 1.807) is 41.9 Å². The van der Waals surface area contributed by atoms with Gasteiger partial charge >= 0.3 is 0 Å². The molecule has 37 heavy (non-hydrogen) atoms. The molecule has 0 radical (unpaired) electrons. The zero-order valence-corrected chi connectivity index (χ0v) is 23.3. The fourth-order valence-corrected chi connectivity index (χ4v) is 5.99. The van der Waals surface area contributed by atoms with Crippen molar-refractivity contribution in [2.24, 2.45) is 13.0 Å². The van der Waals surface area contributed by atoms with Crippen LogP contribution in [0.1, 0.15) is 25.7 Å². The Labute approximate surface area is 217 Å². The minimum atomic E-state index is -1.23. The molecular weight excluding hydrogens is 488 g/mol. The quantitative estimate of drug-likeness (QED) is 0.341. The van der Waals surface area contributed by atoms with Gasteiger partial charge < -0.3 is 24.1 Å². The molecule has 0 bridgehead atoms. The summed E-state index contributed by atoms with van der Waals surface area (Å²) in [5.74, 6) is 1.25. The fraction of sp³-hybridized carbons (Fsp3) is 0.519. The number of nitrogens with zero attached hydrogens (tertiary/aromatic N) is 3. The minimum Gasteiger partial charge on any atom is -0.497 e. The first kappa shape index (κ1) is 25.5. The topological polar surface area (TPSA) is 96.6 Å². The average molecular weight is 525 g/mol. The normalized spacial score (nSPS) is 18.1. The largest absolute Gasteiger partial charge is 0.497 e. The first-order chi connectivity index (χ1) is 17.7. The molecule has 3 aromatic rings. The molecule has 1 N–H and O–H groups in total. The first-order valence-electron chi connectivity index (χ1n) is 13.0. The highest BCUT2D eigenvalue weighted by Gasteiger charge is 2.38. The fourth-order valence-electron chi connectivity index (χ4n) is 5.23. The highest BCUT2D eigenvalue weighted by molar-refractivity contribution is 6.76. The molecule has 1 aliphatic heterocycles. The van der Waals surface area contributed by atoms with Crippen LogP contribution in [-0.4, -0.2) is 48.1 Å². The van der Waals surface area contributed by atoms with Gasteiger partial charge in [-0.05, 0) is 25.0 Å². The Morgan fingerprint density at radius 1 is 1.16 bits per heavy atom. The van der Waals surface area contributed by atoms with Gasteiger partial charge in [-0.3, -0.25) is 9.59 Å². The van der Waals surface area contributed by atoms with E-state index in [1.807, 2.05) is 6.07 Å². The van der Waals surface area contributed by atoms with Crippen molar-refractivity contribution in [3.8, 4) is 22.6 Å². The number of hydrogen-bond acceptors (Lipinski definition) is 6. The first-order valence-corrected chi connectivity index (χ1v) is 16.7. The number of aromatic nitrogens is 3. The smallest absolute Gasteiger partial charge is 0.276 e. The molecule has 0 saturated heterocycles. The van der Waals surface area contributed by atoms with Gasteiger partial charge in [0.05, 0.1) is 19.0 Å². The summed E-state index contributed by atoms with van der Waals surface area (Å²) in [6, 6.07) is 4.70. The number of anilines is 1. The number of nitrogens with one attached hydrogen (secondary N) is 1. The summed E-state index contributed by atoms with van der Waals surface area (Å²) >= 11 is 0. The standard InChI is InChI=1S/C27H36N4O5Si/c1-30-15-21(20-14-28-31(23(20)27(30)33)16-35-10-11-37(3,4)5)19-12-18(34-2)13-22-25(19)36-24(26(32)29-22)17-8-6-7-9-17/h12-15,17,24H,6-11,16H2,1-5H3,(H,29,32). The number of ether oxygens (including phenoxy) is 3. The third-order valence-corrected chi connectivity index (χ3v) is 9.07. The Kier molecular flexibility index (Phi) is 6.89. The van der Waals surface area contributed by atoms with E-state index in [-0.39, 0.29) is 24.1 Å². The predicted molar refractivity (Wildman–Crippen MR) is 146 cm³/mol. The Hall–Kier alpha value is -3.11. The molecule has 10 heteroatoms. The van der Waals surface area contributed by atoms with Crippen molar-refractivity contribution in [2.75, 3.05) is 19.0 Å². The van der Waals surface area contributed by atoms with Crippen LogP contribution < -0.4 is 20.3 Å². The van der Waals surface area contributed by atoms with Crippen molar-refractivity contribution in [1.29, 1.82) is 0 Å². The summed E-state index contributed by atoms with van der Waals surface area (Å²) in [4.78, 5) is 26.2. The van der Waals surface area contributed by atoms with E-state index in [0.29, 0.717) is 34.7 Å². The van der Waals surface area contributed by atoms with Gasteiger partial charge in [-0.2, -0.15) is 5.10 Å². The number of rotatable bonds is 8. The van der Waals surface area contributed by atoms with E-state index in [0.717, 1.165) is 42.9 Å². The van der Waals surface area contributed by atoms with E-state index < -0.39 is 14.2 Å². The Bertz CT molecular complexity index is 1380. The molecule has 9 nitrogen and oxygen atoms in total. The van der Waals surface area contributed by atoms with Crippen LogP contribution in [0, 0.1) is 5.92 Å². The summed E-state index contributed by atoms with van der Waals surface area (Å²) in [5.41, 5.74) is 2.41. The Morgan fingerprint density at radius 3 is 2.62 bits per heavy atom. The van der Waals surface area contributed by atoms with Crippen LogP contribution in [0.4, 0.5) is 5.69 Å². The number of aryl methyl sites for hydroxylation is 1. The number of hydrogen-bond donors (Lipinski definition) is 1. The second-order valence-electron chi connectivity index (χ2n) is 11.3. The van der Waals surface area contributed by atoms with E-state index >= 15 is 0 Å². The Balaban J connectivity index is 1.57. The molecule has 5 rings (SSSR count). The van der Waals surface area contributed by atoms with Crippen molar-refractivity contribution in [3.63, 3.8) is 0 Å². The zero-order chi connectivity index (χ0) is 26.3. The van der Waals surface area contributed by atoms with Gasteiger partial charge in [-0.15, -0.1) is 0 Å². The van der Waals surface area contributed by atoms with Crippen LogP contribution >= 0.6 is 0 Å². The lowest BCUT2D eigenvalue weighted by molar-refractivity contribution is -0.125. The van der Waals surface area contributed by atoms with Crippen LogP contribution in [0.3, 0.4) is 0 Å². The third kappa shape index (κ3) is 5.04. The Morgan fingerprint density at radius 2 is 1.92 bits per heavy atom. The predicted octanol–water partition coefficient (Wildman–Crippen LogP) is 4.61. The van der Waals surface area contributed by atoms with Gasteiger partial charge in [-0.25, -0.2) is 4.68 Å². The number of pyridine rings is 1. The van der Waals surface area contributed by atoms with Gasteiger partial charge in [0.1, 0.15) is 18.0 Å². The number of benzene rings is 1. The van der Waals surface area contributed by atoms with Crippen LogP contribution in [0.25, 0.3) is 22.0 Å². The van der Waals surface area contributed by atoms with Crippen LogP contribution in [-0.2, 0) is 23.3 Å². The molecule has 2 aliphatic rings. The average Bonchev–Trinajstić information content (AvgIpc) is 3.53. The van der Waals surface area contributed by atoms with Gasteiger partial charge in [-0.1, -0.05) is 32.5 Å². The maximum Gasteiger partial charge on any atom is 0.276 e. The summed E-state index contributed by atoms with van der Waals surface area (Å²) < 4.78 is 21.1. The molecule has 0 spiro atoms. The lowest BCUT2D eigenvalue weighted by Gasteiger charge is -2.31. The number of carbonyl (C=O) groups is 1. The molecule has 1 fully saturated rings. The molecule has 3 heterocycles. The van der Waals surface area contributed by atoms with E-state index in [2.05, 4.69) is 30.1 Å². The third-order valence-electron chi connectivity index (χ3n) is 7.36. The second kappa shape index (κ2) is 9.98.